The molecule has 2 aromatic carbocycles. The van der Waals surface area contributed by atoms with Crippen molar-refractivity contribution in [2.75, 3.05) is 24.6 Å². The van der Waals surface area contributed by atoms with Crippen molar-refractivity contribution < 1.29 is 14.3 Å². The Kier molecular flexibility index (Phi) is 6.62. The lowest BCUT2D eigenvalue weighted by Gasteiger charge is -2.29. The molecule has 2 heterocycles. The minimum atomic E-state index is -0.107. The standard InChI is InChI=1S/C24H25N3O3S/c1-17-26-20(16-31-17)19-8-6-18(7-9-19)12-13-25-23(28)10-11-24(29)27-14-15-30-22-5-3-2-4-21(22)27/h2-9,16H,10-15H2,1H3,(H,25,28). The largest absolute Gasteiger partial charge is 0.490 e. The summed E-state index contributed by atoms with van der Waals surface area (Å²) in [5.41, 5.74) is 4.02. The van der Waals surface area contributed by atoms with E-state index in [1.165, 1.54) is 0 Å². The van der Waals surface area contributed by atoms with Gasteiger partial charge in [-0.3, -0.25) is 9.59 Å². The first-order valence-electron chi connectivity index (χ1n) is 10.4. The van der Waals surface area contributed by atoms with Crippen LogP contribution in [0.1, 0.15) is 23.4 Å². The number of ether oxygens (including phenoxy) is 1. The number of amides is 2. The maximum Gasteiger partial charge on any atom is 0.227 e. The number of nitrogens with one attached hydrogen (secondary N) is 1. The zero-order chi connectivity index (χ0) is 21.6. The number of fused-ring (bicyclic) bond motifs is 1. The Labute approximate surface area is 185 Å². The molecule has 0 unspecified atom stereocenters. The molecule has 6 nitrogen and oxygen atoms in total. The van der Waals surface area contributed by atoms with Gasteiger partial charge < -0.3 is 15.0 Å². The van der Waals surface area contributed by atoms with Gasteiger partial charge in [-0.25, -0.2) is 4.98 Å². The lowest BCUT2D eigenvalue weighted by molar-refractivity contribution is -0.125. The van der Waals surface area contributed by atoms with Crippen LogP contribution >= 0.6 is 11.3 Å². The summed E-state index contributed by atoms with van der Waals surface area (Å²) in [5.74, 6) is 0.547. The SMILES string of the molecule is Cc1nc(-c2ccc(CCNC(=O)CCC(=O)N3CCOc4ccccc43)cc2)cs1. The van der Waals surface area contributed by atoms with Crippen molar-refractivity contribution >= 4 is 28.8 Å². The summed E-state index contributed by atoms with van der Waals surface area (Å²) in [5, 5.41) is 6.02. The van der Waals surface area contributed by atoms with E-state index in [1.54, 1.807) is 16.2 Å². The van der Waals surface area contributed by atoms with Gasteiger partial charge in [0.25, 0.3) is 0 Å². The highest BCUT2D eigenvalue weighted by Gasteiger charge is 2.23. The summed E-state index contributed by atoms with van der Waals surface area (Å²) >= 11 is 1.64. The molecule has 0 radical (unpaired) electrons. The Morgan fingerprint density at radius 3 is 2.71 bits per heavy atom. The van der Waals surface area contributed by atoms with Crippen molar-refractivity contribution in [1.29, 1.82) is 0 Å². The molecule has 0 atom stereocenters. The van der Waals surface area contributed by atoms with Gasteiger partial charge >= 0.3 is 0 Å². The number of carbonyl (C=O) groups excluding carboxylic acids is 2. The van der Waals surface area contributed by atoms with Crippen LogP contribution in [0.3, 0.4) is 0 Å². The summed E-state index contributed by atoms with van der Waals surface area (Å²) in [6.45, 7) is 3.52. The fourth-order valence-corrected chi connectivity index (χ4v) is 4.18. The lowest BCUT2D eigenvalue weighted by atomic mass is 10.1. The van der Waals surface area contributed by atoms with E-state index >= 15 is 0 Å². The van der Waals surface area contributed by atoms with Crippen molar-refractivity contribution in [2.24, 2.45) is 0 Å². The maximum atomic E-state index is 12.6. The Morgan fingerprint density at radius 1 is 1.13 bits per heavy atom. The molecule has 1 N–H and O–H groups in total. The molecule has 1 aromatic heterocycles. The van der Waals surface area contributed by atoms with Crippen LogP contribution in [-0.4, -0.2) is 36.5 Å². The molecule has 3 aromatic rings. The molecule has 7 heteroatoms. The van der Waals surface area contributed by atoms with Gasteiger partial charge in [-0.2, -0.15) is 0 Å². The van der Waals surface area contributed by atoms with Crippen LogP contribution in [0.25, 0.3) is 11.3 Å². The van der Waals surface area contributed by atoms with Crippen molar-refractivity contribution in [2.45, 2.75) is 26.2 Å². The van der Waals surface area contributed by atoms with E-state index in [0.29, 0.717) is 25.4 Å². The molecule has 31 heavy (non-hydrogen) atoms. The lowest BCUT2D eigenvalue weighted by Crippen LogP contribution is -2.38. The third-order valence-corrected chi connectivity index (χ3v) is 5.97. The maximum absolute atomic E-state index is 12.6. The Bertz CT molecular complexity index is 1060. The first-order valence-corrected chi connectivity index (χ1v) is 11.3. The molecular formula is C24H25N3O3S. The second-order valence-corrected chi connectivity index (χ2v) is 8.47. The van der Waals surface area contributed by atoms with E-state index < -0.39 is 0 Å². The Balaban J connectivity index is 1.21. The molecule has 0 saturated heterocycles. The van der Waals surface area contributed by atoms with Gasteiger partial charge in [0.2, 0.25) is 11.8 Å². The van der Waals surface area contributed by atoms with Crippen molar-refractivity contribution in [3.63, 3.8) is 0 Å². The van der Waals surface area contributed by atoms with Crippen LogP contribution in [0.2, 0.25) is 0 Å². The molecule has 2 amide bonds. The highest BCUT2D eigenvalue weighted by molar-refractivity contribution is 7.09. The second kappa shape index (κ2) is 9.75. The van der Waals surface area contributed by atoms with E-state index in [1.807, 2.05) is 31.2 Å². The van der Waals surface area contributed by atoms with Crippen LogP contribution in [0.4, 0.5) is 5.69 Å². The number of nitrogens with zero attached hydrogens (tertiary/aromatic N) is 2. The smallest absolute Gasteiger partial charge is 0.227 e. The summed E-state index contributed by atoms with van der Waals surface area (Å²) in [6.07, 6.45) is 1.11. The highest BCUT2D eigenvalue weighted by atomic mass is 32.1. The quantitative estimate of drug-likeness (QED) is 0.609. The van der Waals surface area contributed by atoms with Gasteiger partial charge in [-0.1, -0.05) is 36.4 Å². The number of para-hydroxylation sites is 2. The van der Waals surface area contributed by atoms with Gasteiger partial charge in [-0.15, -0.1) is 11.3 Å². The third-order valence-electron chi connectivity index (χ3n) is 5.20. The minimum absolute atomic E-state index is 0.0567. The van der Waals surface area contributed by atoms with E-state index in [4.69, 9.17) is 4.74 Å². The molecular weight excluding hydrogens is 410 g/mol. The molecule has 0 aliphatic carbocycles. The number of carbonyl (C=O) groups is 2. The number of hydrogen-bond donors (Lipinski definition) is 1. The van der Waals surface area contributed by atoms with E-state index in [0.717, 1.165) is 33.9 Å². The third kappa shape index (κ3) is 5.30. The van der Waals surface area contributed by atoms with Crippen LogP contribution in [0, 0.1) is 6.92 Å². The van der Waals surface area contributed by atoms with Gasteiger partial charge in [0.1, 0.15) is 12.4 Å². The predicted octanol–water partition coefficient (Wildman–Crippen LogP) is 3.98. The first kappa shape index (κ1) is 21.1. The average molecular weight is 436 g/mol. The number of thiazole rings is 1. The Hall–Kier alpha value is -3.19. The number of rotatable bonds is 7. The van der Waals surface area contributed by atoms with E-state index in [-0.39, 0.29) is 24.7 Å². The number of aryl methyl sites for hydroxylation is 1. The van der Waals surface area contributed by atoms with Crippen LogP contribution in [0.15, 0.2) is 53.9 Å². The summed E-state index contributed by atoms with van der Waals surface area (Å²) in [7, 11) is 0. The summed E-state index contributed by atoms with van der Waals surface area (Å²) in [6, 6.07) is 15.7. The van der Waals surface area contributed by atoms with Gasteiger partial charge in [-0.05, 0) is 31.0 Å². The van der Waals surface area contributed by atoms with Gasteiger partial charge in [0, 0.05) is 30.3 Å². The van der Waals surface area contributed by atoms with E-state index in [9.17, 15) is 9.59 Å². The van der Waals surface area contributed by atoms with Crippen molar-refractivity contribution in [3.8, 4) is 17.0 Å². The summed E-state index contributed by atoms with van der Waals surface area (Å²) < 4.78 is 5.58. The van der Waals surface area contributed by atoms with E-state index in [2.05, 4.69) is 39.9 Å². The van der Waals surface area contributed by atoms with Crippen LogP contribution < -0.4 is 15.0 Å². The molecule has 0 spiro atoms. The van der Waals surface area contributed by atoms with Gasteiger partial charge in [0.05, 0.1) is 22.9 Å². The number of hydrogen-bond acceptors (Lipinski definition) is 5. The zero-order valence-corrected chi connectivity index (χ0v) is 18.3. The number of benzene rings is 2. The predicted molar refractivity (Wildman–Crippen MR) is 123 cm³/mol. The molecule has 0 bridgehead atoms. The molecule has 160 valence electrons. The monoisotopic (exact) mass is 435 g/mol. The number of anilines is 1. The number of aromatic nitrogens is 1. The molecule has 4 rings (SSSR count). The fraction of sp³-hybridized carbons (Fsp3) is 0.292. The summed E-state index contributed by atoms with van der Waals surface area (Å²) in [4.78, 5) is 31.0. The highest BCUT2D eigenvalue weighted by Crippen LogP contribution is 2.31. The second-order valence-electron chi connectivity index (χ2n) is 7.41. The average Bonchev–Trinajstić information content (AvgIpc) is 3.24. The zero-order valence-electron chi connectivity index (χ0n) is 17.5. The normalized spacial score (nSPS) is 12.7. The topological polar surface area (TPSA) is 71.5 Å². The van der Waals surface area contributed by atoms with Crippen molar-refractivity contribution in [1.82, 2.24) is 10.3 Å². The van der Waals surface area contributed by atoms with Crippen LogP contribution in [0.5, 0.6) is 5.75 Å². The van der Waals surface area contributed by atoms with Crippen molar-refractivity contribution in [3.05, 3.63) is 64.5 Å². The molecule has 0 saturated carbocycles. The molecule has 1 aliphatic heterocycles. The first-order chi connectivity index (χ1) is 15.1. The minimum Gasteiger partial charge on any atom is -0.490 e. The Morgan fingerprint density at radius 2 is 1.94 bits per heavy atom. The molecule has 0 fully saturated rings. The van der Waals surface area contributed by atoms with Crippen LogP contribution in [-0.2, 0) is 16.0 Å². The fourth-order valence-electron chi connectivity index (χ4n) is 3.56. The van der Waals surface area contributed by atoms with Gasteiger partial charge in [0.15, 0.2) is 0 Å². The molecule has 1 aliphatic rings.